The van der Waals surface area contributed by atoms with Crippen LogP contribution in [-0.4, -0.2) is 19.3 Å². The van der Waals surface area contributed by atoms with Crippen LogP contribution < -0.4 is 0 Å². The molecule has 0 atom stereocenters. The van der Waals surface area contributed by atoms with Crippen molar-refractivity contribution in [1.82, 2.24) is 19.3 Å². The van der Waals surface area contributed by atoms with Crippen molar-refractivity contribution in [1.29, 1.82) is 0 Å². The standard InChI is InChI=1S/C12H9BrF2N4/c1-6-10(13)12(18(2)17-6)19-5-16-9-4-7(14)3-8(15)11(9)19/h3-5H,1-2H3. The van der Waals surface area contributed by atoms with Crippen LogP contribution in [0.2, 0.25) is 0 Å². The Morgan fingerprint density at radius 2 is 2.00 bits per heavy atom. The summed E-state index contributed by atoms with van der Waals surface area (Å²) in [6, 6.07) is 2.05. The third-order valence-electron chi connectivity index (χ3n) is 2.91. The lowest BCUT2D eigenvalue weighted by Crippen LogP contribution is -2.03. The molecular formula is C12H9BrF2N4. The van der Waals surface area contributed by atoms with E-state index in [2.05, 4.69) is 26.0 Å². The Labute approximate surface area is 115 Å². The molecule has 3 rings (SSSR count). The molecule has 0 amide bonds. The summed E-state index contributed by atoms with van der Waals surface area (Å²) in [5.74, 6) is -0.653. The van der Waals surface area contributed by atoms with Gasteiger partial charge in [-0.25, -0.2) is 13.8 Å². The predicted octanol–water partition coefficient (Wildman–Crippen LogP) is 3.11. The minimum absolute atomic E-state index is 0.227. The van der Waals surface area contributed by atoms with Gasteiger partial charge in [-0.1, -0.05) is 0 Å². The van der Waals surface area contributed by atoms with E-state index in [1.807, 2.05) is 6.92 Å². The van der Waals surface area contributed by atoms with E-state index in [0.717, 1.165) is 16.2 Å². The van der Waals surface area contributed by atoms with E-state index < -0.39 is 11.6 Å². The molecule has 0 unspecified atom stereocenters. The van der Waals surface area contributed by atoms with Crippen LogP contribution in [0, 0.1) is 18.6 Å². The lowest BCUT2D eigenvalue weighted by molar-refractivity contribution is 0.588. The highest BCUT2D eigenvalue weighted by Crippen LogP contribution is 2.28. The number of hydrogen-bond donors (Lipinski definition) is 0. The van der Waals surface area contributed by atoms with Crippen LogP contribution in [0.3, 0.4) is 0 Å². The number of benzene rings is 1. The van der Waals surface area contributed by atoms with Crippen molar-refractivity contribution in [2.75, 3.05) is 0 Å². The summed E-state index contributed by atoms with van der Waals surface area (Å²) in [6.45, 7) is 1.84. The average Bonchev–Trinajstić information content (AvgIpc) is 2.82. The van der Waals surface area contributed by atoms with E-state index in [0.29, 0.717) is 5.82 Å². The normalized spacial score (nSPS) is 11.4. The second-order valence-corrected chi connectivity index (χ2v) is 5.01. The molecule has 1 aromatic carbocycles. The summed E-state index contributed by atoms with van der Waals surface area (Å²) in [4.78, 5) is 4.03. The average molecular weight is 327 g/mol. The first-order valence-electron chi connectivity index (χ1n) is 5.50. The van der Waals surface area contributed by atoms with E-state index in [4.69, 9.17) is 0 Å². The van der Waals surface area contributed by atoms with E-state index in [1.165, 1.54) is 12.4 Å². The Kier molecular flexibility index (Phi) is 2.67. The van der Waals surface area contributed by atoms with Crippen molar-refractivity contribution in [3.63, 3.8) is 0 Å². The Morgan fingerprint density at radius 3 is 2.63 bits per heavy atom. The fourth-order valence-corrected chi connectivity index (χ4v) is 2.64. The van der Waals surface area contributed by atoms with Gasteiger partial charge >= 0.3 is 0 Å². The Balaban J connectivity index is 2.38. The summed E-state index contributed by atoms with van der Waals surface area (Å²) >= 11 is 3.42. The molecule has 0 saturated heterocycles. The quantitative estimate of drug-likeness (QED) is 0.688. The molecule has 0 fully saturated rings. The third-order valence-corrected chi connectivity index (χ3v) is 3.84. The highest BCUT2D eigenvalue weighted by atomic mass is 79.9. The van der Waals surface area contributed by atoms with Crippen molar-refractivity contribution in [3.8, 4) is 5.82 Å². The molecule has 2 aromatic heterocycles. The number of aryl methyl sites for hydroxylation is 2. The maximum Gasteiger partial charge on any atom is 0.152 e. The first kappa shape index (κ1) is 12.3. The zero-order valence-electron chi connectivity index (χ0n) is 10.2. The van der Waals surface area contributed by atoms with Crippen LogP contribution in [-0.2, 0) is 7.05 Å². The fourth-order valence-electron chi connectivity index (χ4n) is 2.11. The predicted molar refractivity (Wildman–Crippen MR) is 70.2 cm³/mol. The molecule has 7 heteroatoms. The van der Waals surface area contributed by atoms with Gasteiger partial charge in [0.15, 0.2) is 11.6 Å². The number of aromatic nitrogens is 4. The molecule has 2 heterocycles. The maximum absolute atomic E-state index is 14.0. The van der Waals surface area contributed by atoms with Gasteiger partial charge in [-0.2, -0.15) is 5.10 Å². The van der Waals surface area contributed by atoms with Gasteiger partial charge in [0.2, 0.25) is 0 Å². The summed E-state index contributed by atoms with van der Waals surface area (Å²) < 4.78 is 31.0. The van der Waals surface area contributed by atoms with Crippen molar-refractivity contribution < 1.29 is 8.78 Å². The van der Waals surface area contributed by atoms with Gasteiger partial charge in [-0.15, -0.1) is 0 Å². The van der Waals surface area contributed by atoms with Crippen molar-refractivity contribution >= 4 is 27.0 Å². The van der Waals surface area contributed by atoms with Gasteiger partial charge in [-0.3, -0.25) is 9.25 Å². The zero-order valence-corrected chi connectivity index (χ0v) is 11.7. The monoisotopic (exact) mass is 326 g/mol. The lowest BCUT2D eigenvalue weighted by Gasteiger charge is -2.06. The highest BCUT2D eigenvalue weighted by molar-refractivity contribution is 9.10. The number of halogens is 3. The second-order valence-electron chi connectivity index (χ2n) is 4.22. The highest BCUT2D eigenvalue weighted by Gasteiger charge is 2.18. The van der Waals surface area contributed by atoms with Crippen LogP contribution in [0.5, 0.6) is 0 Å². The van der Waals surface area contributed by atoms with Gasteiger partial charge < -0.3 is 0 Å². The third kappa shape index (κ3) is 1.76. The number of hydrogen-bond acceptors (Lipinski definition) is 2. The molecule has 0 saturated carbocycles. The summed E-state index contributed by atoms with van der Waals surface area (Å²) in [5.41, 5.74) is 1.27. The minimum atomic E-state index is -0.654. The second kappa shape index (κ2) is 4.12. The van der Waals surface area contributed by atoms with E-state index in [-0.39, 0.29) is 11.0 Å². The first-order valence-corrected chi connectivity index (χ1v) is 6.30. The topological polar surface area (TPSA) is 35.6 Å². The van der Waals surface area contributed by atoms with Crippen LogP contribution >= 0.6 is 15.9 Å². The number of rotatable bonds is 1. The number of imidazole rings is 1. The Bertz CT molecular complexity index is 791. The molecule has 98 valence electrons. The molecule has 0 N–H and O–H groups in total. The summed E-state index contributed by atoms with van der Waals surface area (Å²) in [5, 5.41) is 4.25. The van der Waals surface area contributed by atoms with Crippen LogP contribution in [0.1, 0.15) is 5.69 Å². The fraction of sp³-hybridized carbons (Fsp3) is 0.167. The van der Waals surface area contributed by atoms with Crippen molar-refractivity contribution in [2.24, 2.45) is 7.05 Å². The van der Waals surface area contributed by atoms with E-state index >= 15 is 0 Å². The van der Waals surface area contributed by atoms with Gasteiger partial charge in [-0.05, 0) is 22.9 Å². The van der Waals surface area contributed by atoms with Gasteiger partial charge in [0.05, 0.1) is 15.7 Å². The lowest BCUT2D eigenvalue weighted by atomic mass is 10.3. The Morgan fingerprint density at radius 1 is 1.26 bits per heavy atom. The molecule has 0 bridgehead atoms. The van der Waals surface area contributed by atoms with Gasteiger partial charge in [0.25, 0.3) is 0 Å². The number of nitrogens with zero attached hydrogens (tertiary/aromatic N) is 4. The Hall–Kier alpha value is -1.76. The zero-order chi connectivity index (χ0) is 13.7. The SMILES string of the molecule is Cc1nn(C)c(-n2cnc3cc(F)cc(F)c32)c1Br. The van der Waals surface area contributed by atoms with Gasteiger partial charge in [0, 0.05) is 19.2 Å². The van der Waals surface area contributed by atoms with E-state index in [9.17, 15) is 8.78 Å². The molecule has 0 radical (unpaired) electrons. The molecule has 0 aliphatic rings. The summed E-state index contributed by atoms with van der Waals surface area (Å²) in [7, 11) is 1.75. The molecule has 4 nitrogen and oxygen atoms in total. The first-order chi connectivity index (χ1) is 8.99. The molecule has 0 aliphatic heterocycles. The van der Waals surface area contributed by atoms with Crippen LogP contribution in [0.4, 0.5) is 8.78 Å². The van der Waals surface area contributed by atoms with E-state index in [1.54, 1.807) is 16.3 Å². The molecular weight excluding hydrogens is 318 g/mol. The largest absolute Gasteiger partial charge is 0.279 e. The van der Waals surface area contributed by atoms with Crippen LogP contribution in [0.25, 0.3) is 16.9 Å². The number of fused-ring (bicyclic) bond motifs is 1. The smallest absolute Gasteiger partial charge is 0.152 e. The molecule has 0 spiro atoms. The molecule has 3 aromatic rings. The molecule has 0 aliphatic carbocycles. The summed E-state index contributed by atoms with van der Waals surface area (Å²) in [6.07, 6.45) is 1.45. The molecule has 19 heavy (non-hydrogen) atoms. The maximum atomic E-state index is 14.0. The minimum Gasteiger partial charge on any atom is -0.279 e. The van der Waals surface area contributed by atoms with Gasteiger partial charge in [0.1, 0.15) is 17.7 Å². The van der Waals surface area contributed by atoms with Crippen molar-refractivity contribution in [3.05, 3.63) is 40.3 Å². The van der Waals surface area contributed by atoms with Crippen molar-refractivity contribution in [2.45, 2.75) is 6.92 Å². The van der Waals surface area contributed by atoms with Crippen LogP contribution in [0.15, 0.2) is 22.9 Å².